The molecule has 2 rings (SSSR count). The molecule has 1 aromatic carbocycles. The standard InChI is InChI=1S/C10H10F2N2OS/c11-7-2-1-3-8(12)9(7)13-10(15)14-4-5-16-6-14/h1-3H,4-6H2,(H,13,15). The first-order chi connectivity index (χ1) is 7.68. The van der Waals surface area contributed by atoms with E-state index >= 15 is 0 Å². The maximum Gasteiger partial charge on any atom is 0.322 e. The van der Waals surface area contributed by atoms with E-state index in [4.69, 9.17) is 0 Å². The number of nitrogens with one attached hydrogen (secondary N) is 1. The van der Waals surface area contributed by atoms with Crippen molar-refractivity contribution in [1.29, 1.82) is 0 Å². The first-order valence-electron chi connectivity index (χ1n) is 4.76. The highest BCUT2D eigenvalue weighted by Crippen LogP contribution is 2.20. The monoisotopic (exact) mass is 244 g/mol. The van der Waals surface area contributed by atoms with E-state index in [2.05, 4.69) is 5.32 Å². The third-order valence-electron chi connectivity index (χ3n) is 2.23. The van der Waals surface area contributed by atoms with E-state index in [1.165, 1.54) is 11.0 Å². The number of anilines is 1. The molecule has 1 heterocycles. The van der Waals surface area contributed by atoms with Crippen LogP contribution < -0.4 is 5.32 Å². The van der Waals surface area contributed by atoms with Gasteiger partial charge in [-0.25, -0.2) is 13.6 Å². The van der Waals surface area contributed by atoms with Crippen LogP contribution in [-0.4, -0.2) is 29.1 Å². The van der Waals surface area contributed by atoms with Crippen LogP contribution in [0.15, 0.2) is 18.2 Å². The number of halogens is 2. The first-order valence-corrected chi connectivity index (χ1v) is 5.91. The Morgan fingerprint density at radius 1 is 1.38 bits per heavy atom. The molecule has 1 aliphatic rings. The summed E-state index contributed by atoms with van der Waals surface area (Å²) in [6.07, 6.45) is 0. The van der Waals surface area contributed by atoms with Gasteiger partial charge in [0.05, 0.1) is 5.88 Å². The van der Waals surface area contributed by atoms with Gasteiger partial charge in [-0.15, -0.1) is 11.8 Å². The summed E-state index contributed by atoms with van der Waals surface area (Å²) in [5.74, 6) is -0.116. The molecule has 1 fully saturated rings. The Morgan fingerprint density at radius 2 is 2.06 bits per heavy atom. The molecule has 0 radical (unpaired) electrons. The molecular formula is C10H10F2N2OS. The lowest BCUT2D eigenvalue weighted by Crippen LogP contribution is -2.32. The molecule has 1 saturated heterocycles. The van der Waals surface area contributed by atoms with Crippen LogP contribution in [0.1, 0.15) is 0 Å². The number of hydrogen-bond donors (Lipinski definition) is 1. The van der Waals surface area contributed by atoms with E-state index in [1.807, 2.05) is 0 Å². The predicted molar refractivity (Wildman–Crippen MR) is 59.4 cm³/mol. The number of carbonyl (C=O) groups excluding carboxylic acids is 1. The number of thioether (sulfide) groups is 1. The quantitative estimate of drug-likeness (QED) is 0.823. The van der Waals surface area contributed by atoms with E-state index < -0.39 is 17.7 Å². The van der Waals surface area contributed by atoms with E-state index in [0.29, 0.717) is 12.4 Å². The van der Waals surface area contributed by atoms with Crippen molar-refractivity contribution in [2.24, 2.45) is 0 Å². The van der Waals surface area contributed by atoms with E-state index in [0.717, 1.165) is 17.9 Å². The van der Waals surface area contributed by atoms with Crippen molar-refractivity contribution in [2.75, 3.05) is 23.5 Å². The number of urea groups is 1. The second-order valence-corrected chi connectivity index (χ2v) is 4.40. The Balaban J connectivity index is 2.11. The van der Waals surface area contributed by atoms with Gasteiger partial charge in [0.2, 0.25) is 0 Å². The van der Waals surface area contributed by atoms with Crippen molar-refractivity contribution in [3.8, 4) is 0 Å². The Hall–Kier alpha value is -1.30. The average Bonchev–Trinajstić information content (AvgIpc) is 2.76. The van der Waals surface area contributed by atoms with Crippen molar-refractivity contribution >= 4 is 23.5 Å². The molecule has 0 atom stereocenters. The van der Waals surface area contributed by atoms with Crippen LogP contribution in [0.3, 0.4) is 0 Å². The zero-order valence-corrected chi connectivity index (χ0v) is 9.19. The van der Waals surface area contributed by atoms with Gasteiger partial charge in [0.25, 0.3) is 0 Å². The van der Waals surface area contributed by atoms with Gasteiger partial charge >= 0.3 is 6.03 Å². The predicted octanol–water partition coefficient (Wildman–Crippen LogP) is 2.50. The smallest absolute Gasteiger partial charge is 0.314 e. The lowest BCUT2D eigenvalue weighted by atomic mass is 10.3. The Bertz CT molecular complexity index is 388. The minimum Gasteiger partial charge on any atom is -0.314 e. The van der Waals surface area contributed by atoms with Crippen LogP contribution in [0.5, 0.6) is 0 Å². The van der Waals surface area contributed by atoms with Crippen molar-refractivity contribution in [2.45, 2.75) is 0 Å². The summed E-state index contributed by atoms with van der Waals surface area (Å²) < 4.78 is 26.4. The minimum absolute atomic E-state index is 0.385. The maximum absolute atomic E-state index is 13.2. The lowest BCUT2D eigenvalue weighted by molar-refractivity contribution is 0.224. The second kappa shape index (κ2) is 4.69. The summed E-state index contributed by atoms with van der Waals surface area (Å²) in [4.78, 5) is 13.1. The molecule has 1 N–H and O–H groups in total. The second-order valence-electron chi connectivity index (χ2n) is 3.33. The van der Waals surface area contributed by atoms with E-state index in [9.17, 15) is 13.6 Å². The molecule has 0 aromatic heterocycles. The normalized spacial score (nSPS) is 15.2. The van der Waals surface area contributed by atoms with Crippen LogP contribution in [0.4, 0.5) is 19.3 Å². The number of benzene rings is 1. The fourth-order valence-electron chi connectivity index (χ4n) is 1.38. The highest BCUT2D eigenvalue weighted by atomic mass is 32.2. The van der Waals surface area contributed by atoms with Gasteiger partial charge in [-0.2, -0.15) is 0 Å². The van der Waals surface area contributed by atoms with Crippen LogP contribution in [-0.2, 0) is 0 Å². The summed E-state index contributed by atoms with van der Waals surface area (Å²) >= 11 is 1.61. The van der Waals surface area contributed by atoms with Gasteiger partial charge in [-0.05, 0) is 12.1 Å². The molecule has 0 saturated carbocycles. The zero-order valence-electron chi connectivity index (χ0n) is 8.37. The molecule has 16 heavy (non-hydrogen) atoms. The Labute approximate surface area is 95.8 Å². The SMILES string of the molecule is O=C(Nc1c(F)cccc1F)N1CCSC1. The third kappa shape index (κ3) is 2.27. The minimum atomic E-state index is -0.764. The first kappa shape index (κ1) is 11.2. The number of amides is 2. The highest BCUT2D eigenvalue weighted by molar-refractivity contribution is 7.99. The molecule has 0 unspecified atom stereocenters. The summed E-state index contributed by atoms with van der Waals surface area (Å²) in [7, 11) is 0. The summed E-state index contributed by atoms with van der Waals surface area (Å²) in [5.41, 5.74) is -0.385. The topological polar surface area (TPSA) is 32.3 Å². The largest absolute Gasteiger partial charge is 0.322 e. The number of para-hydroxylation sites is 1. The number of rotatable bonds is 1. The van der Waals surface area contributed by atoms with Crippen molar-refractivity contribution in [3.05, 3.63) is 29.8 Å². The number of nitrogens with zero attached hydrogens (tertiary/aromatic N) is 1. The van der Waals surface area contributed by atoms with Gasteiger partial charge in [0.1, 0.15) is 17.3 Å². The fraction of sp³-hybridized carbons (Fsp3) is 0.300. The molecule has 6 heteroatoms. The van der Waals surface area contributed by atoms with Crippen LogP contribution in [0.2, 0.25) is 0 Å². The van der Waals surface area contributed by atoms with E-state index in [1.54, 1.807) is 11.8 Å². The average molecular weight is 244 g/mol. The summed E-state index contributed by atoms with van der Waals surface area (Å²) in [5, 5.41) is 2.24. The van der Waals surface area contributed by atoms with Crippen LogP contribution in [0.25, 0.3) is 0 Å². The molecule has 86 valence electrons. The van der Waals surface area contributed by atoms with Gasteiger partial charge in [0.15, 0.2) is 0 Å². The molecule has 3 nitrogen and oxygen atoms in total. The zero-order chi connectivity index (χ0) is 11.5. The third-order valence-corrected chi connectivity index (χ3v) is 3.20. The van der Waals surface area contributed by atoms with Crippen molar-refractivity contribution in [1.82, 2.24) is 4.90 Å². The molecule has 0 aliphatic carbocycles. The van der Waals surface area contributed by atoms with Crippen molar-refractivity contribution < 1.29 is 13.6 Å². The van der Waals surface area contributed by atoms with E-state index in [-0.39, 0.29) is 5.69 Å². The lowest BCUT2D eigenvalue weighted by Gasteiger charge is -2.15. The van der Waals surface area contributed by atoms with Crippen LogP contribution >= 0.6 is 11.8 Å². The summed E-state index contributed by atoms with van der Waals surface area (Å²) in [6.45, 7) is 0.604. The molecule has 1 aliphatic heterocycles. The molecule has 2 amide bonds. The summed E-state index contributed by atoms with van der Waals surface area (Å²) in [6, 6.07) is 3.01. The number of hydrogen-bond acceptors (Lipinski definition) is 2. The molecule has 0 spiro atoms. The van der Waals surface area contributed by atoms with Crippen LogP contribution in [0, 0.1) is 11.6 Å². The highest BCUT2D eigenvalue weighted by Gasteiger charge is 2.20. The van der Waals surface area contributed by atoms with Gasteiger partial charge < -0.3 is 10.2 Å². The van der Waals surface area contributed by atoms with Gasteiger partial charge in [-0.3, -0.25) is 0 Å². The van der Waals surface area contributed by atoms with Gasteiger partial charge in [0, 0.05) is 12.3 Å². The Kier molecular flexibility index (Phi) is 3.28. The molecule has 1 aromatic rings. The van der Waals surface area contributed by atoms with Gasteiger partial charge in [-0.1, -0.05) is 6.07 Å². The molecular weight excluding hydrogens is 234 g/mol. The van der Waals surface area contributed by atoms with Crippen molar-refractivity contribution in [3.63, 3.8) is 0 Å². The number of carbonyl (C=O) groups is 1. The molecule has 0 bridgehead atoms. The Morgan fingerprint density at radius 3 is 2.62 bits per heavy atom. The fourth-order valence-corrected chi connectivity index (χ4v) is 2.32. The maximum atomic E-state index is 13.2.